The van der Waals surface area contributed by atoms with Gasteiger partial charge in [0.1, 0.15) is 5.75 Å². The van der Waals surface area contributed by atoms with Gasteiger partial charge in [-0.25, -0.2) is 0 Å². The second-order valence-corrected chi connectivity index (χ2v) is 5.07. The van der Waals surface area contributed by atoms with E-state index in [4.69, 9.17) is 4.74 Å². The van der Waals surface area contributed by atoms with Crippen LogP contribution in [-0.2, 0) is 0 Å². The molecular formula is C13H20OS. The van der Waals surface area contributed by atoms with Gasteiger partial charge in [0.05, 0.1) is 6.61 Å². The molecular weight excluding hydrogens is 204 g/mol. The van der Waals surface area contributed by atoms with Gasteiger partial charge in [0, 0.05) is 4.90 Å². The minimum absolute atomic E-state index is 0.574. The molecule has 1 aromatic carbocycles. The molecule has 0 aliphatic rings. The lowest BCUT2D eigenvalue weighted by molar-refractivity contribution is 0.269. The monoisotopic (exact) mass is 224 g/mol. The summed E-state index contributed by atoms with van der Waals surface area (Å²) >= 11 is 1.79. The molecule has 1 aromatic rings. The molecule has 0 N–H and O–H groups in total. The van der Waals surface area contributed by atoms with Gasteiger partial charge in [0.2, 0.25) is 0 Å². The molecule has 0 aromatic heterocycles. The van der Waals surface area contributed by atoms with Crippen molar-refractivity contribution in [2.24, 2.45) is 5.92 Å². The van der Waals surface area contributed by atoms with Crippen LogP contribution in [0.4, 0.5) is 0 Å². The van der Waals surface area contributed by atoms with Gasteiger partial charge < -0.3 is 4.74 Å². The highest BCUT2D eigenvalue weighted by Gasteiger charge is 2.07. The van der Waals surface area contributed by atoms with Crippen molar-refractivity contribution in [1.82, 2.24) is 0 Å². The van der Waals surface area contributed by atoms with Gasteiger partial charge >= 0.3 is 0 Å². The Morgan fingerprint density at radius 1 is 1.20 bits per heavy atom. The van der Waals surface area contributed by atoms with E-state index in [0.29, 0.717) is 5.92 Å². The summed E-state index contributed by atoms with van der Waals surface area (Å²) < 4.78 is 5.77. The first-order valence-electron chi connectivity index (χ1n) is 5.33. The molecule has 0 saturated heterocycles. The molecule has 0 atom stereocenters. The third-order valence-electron chi connectivity index (χ3n) is 2.48. The van der Waals surface area contributed by atoms with Gasteiger partial charge in [-0.15, -0.1) is 11.8 Å². The second kappa shape index (κ2) is 5.45. The smallest absolute Gasteiger partial charge is 0.122 e. The number of hydrogen-bond acceptors (Lipinski definition) is 2. The summed E-state index contributed by atoms with van der Waals surface area (Å²) in [5.74, 6) is 1.60. The van der Waals surface area contributed by atoms with Crippen molar-refractivity contribution in [3.05, 3.63) is 23.3 Å². The van der Waals surface area contributed by atoms with Crippen LogP contribution in [0.3, 0.4) is 0 Å². The van der Waals surface area contributed by atoms with Crippen molar-refractivity contribution in [3.63, 3.8) is 0 Å². The fourth-order valence-electron chi connectivity index (χ4n) is 1.40. The average molecular weight is 224 g/mol. The number of benzene rings is 1. The lowest BCUT2D eigenvalue weighted by Gasteiger charge is -2.14. The van der Waals surface area contributed by atoms with Crippen LogP contribution in [0.25, 0.3) is 0 Å². The summed E-state index contributed by atoms with van der Waals surface area (Å²) in [5, 5.41) is 0. The molecule has 0 spiro atoms. The van der Waals surface area contributed by atoms with Gasteiger partial charge in [-0.2, -0.15) is 0 Å². The molecule has 0 aliphatic heterocycles. The summed E-state index contributed by atoms with van der Waals surface area (Å²) in [6, 6.07) is 4.22. The molecule has 0 bridgehead atoms. The van der Waals surface area contributed by atoms with E-state index in [9.17, 15) is 0 Å². The Hall–Kier alpha value is -0.630. The van der Waals surface area contributed by atoms with E-state index in [1.807, 2.05) is 0 Å². The Morgan fingerprint density at radius 3 is 2.40 bits per heavy atom. The van der Waals surface area contributed by atoms with Crippen molar-refractivity contribution >= 4 is 11.8 Å². The average Bonchev–Trinajstić information content (AvgIpc) is 2.20. The topological polar surface area (TPSA) is 9.23 Å². The van der Waals surface area contributed by atoms with Crippen LogP contribution in [0.1, 0.15) is 25.0 Å². The zero-order valence-electron chi connectivity index (χ0n) is 10.3. The van der Waals surface area contributed by atoms with Crippen molar-refractivity contribution < 1.29 is 4.74 Å². The molecule has 1 rings (SSSR count). The third kappa shape index (κ3) is 3.16. The van der Waals surface area contributed by atoms with Gasteiger partial charge in [-0.05, 0) is 49.3 Å². The molecule has 1 nitrogen and oxygen atoms in total. The molecule has 0 aliphatic carbocycles. The van der Waals surface area contributed by atoms with Crippen molar-refractivity contribution in [2.75, 3.05) is 12.9 Å². The minimum Gasteiger partial charge on any atom is -0.493 e. The molecule has 84 valence electrons. The lowest BCUT2D eigenvalue weighted by Crippen LogP contribution is -2.06. The van der Waals surface area contributed by atoms with E-state index in [1.54, 1.807) is 11.8 Å². The van der Waals surface area contributed by atoms with Gasteiger partial charge in [-0.1, -0.05) is 13.8 Å². The maximum absolute atomic E-state index is 5.77. The largest absolute Gasteiger partial charge is 0.493 e. The normalized spacial score (nSPS) is 10.8. The van der Waals surface area contributed by atoms with E-state index in [2.05, 4.69) is 46.1 Å². The Morgan fingerprint density at radius 2 is 1.87 bits per heavy atom. The fourth-order valence-corrected chi connectivity index (χ4v) is 2.07. The Labute approximate surface area is 97.2 Å². The molecule has 0 heterocycles. The maximum atomic E-state index is 5.77. The standard InChI is InChI=1S/C13H20OS/c1-9(2)8-14-12-6-7-13(15-5)11(4)10(12)3/h6-7,9H,8H2,1-5H3. The highest BCUT2D eigenvalue weighted by atomic mass is 32.2. The van der Waals surface area contributed by atoms with Crippen LogP contribution in [0.15, 0.2) is 17.0 Å². The second-order valence-electron chi connectivity index (χ2n) is 4.22. The van der Waals surface area contributed by atoms with Gasteiger partial charge in [-0.3, -0.25) is 0 Å². The van der Waals surface area contributed by atoms with E-state index in [0.717, 1.165) is 12.4 Å². The SMILES string of the molecule is CSc1ccc(OCC(C)C)c(C)c1C. The van der Waals surface area contributed by atoms with E-state index in [1.165, 1.54) is 16.0 Å². The van der Waals surface area contributed by atoms with Crippen LogP contribution < -0.4 is 4.74 Å². The van der Waals surface area contributed by atoms with Crippen LogP contribution >= 0.6 is 11.8 Å². The van der Waals surface area contributed by atoms with Gasteiger partial charge in [0.15, 0.2) is 0 Å². The van der Waals surface area contributed by atoms with Crippen molar-refractivity contribution in [2.45, 2.75) is 32.6 Å². The Kier molecular flexibility index (Phi) is 4.52. The molecule has 0 unspecified atom stereocenters. The lowest BCUT2D eigenvalue weighted by atomic mass is 10.1. The molecule has 2 heteroatoms. The Bertz CT molecular complexity index is 332. The fraction of sp³-hybridized carbons (Fsp3) is 0.538. The predicted octanol–water partition coefficient (Wildman–Crippen LogP) is 4.06. The molecule has 0 radical (unpaired) electrons. The summed E-state index contributed by atoms with van der Waals surface area (Å²) in [7, 11) is 0. The molecule has 0 amide bonds. The first-order chi connectivity index (χ1) is 7.06. The third-order valence-corrected chi connectivity index (χ3v) is 3.36. The number of thioether (sulfide) groups is 1. The van der Waals surface area contributed by atoms with Gasteiger partial charge in [0.25, 0.3) is 0 Å². The van der Waals surface area contributed by atoms with E-state index < -0.39 is 0 Å². The summed E-state index contributed by atoms with van der Waals surface area (Å²) in [6.07, 6.45) is 2.11. The molecule has 15 heavy (non-hydrogen) atoms. The minimum atomic E-state index is 0.574. The van der Waals surface area contributed by atoms with E-state index >= 15 is 0 Å². The highest BCUT2D eigenvalue weighted by molar-refractivity contribution is 7.98. The van der Waals surface area contributed by atoms with Crippen LogP contribution in [0, 0.1) is 19.8 Å². The van der Waals surface area contributed by atoms with Crippen LogP contribution in [0.5, 0.6) is 5.75 Å². The molecule has 0 fully saturated rings. The van der Waals surface area contributed by atoms with Crippen molar-refractivity contribution in [1.29, 1.82) is 0 Å². The molecule has 0 saturated carbocycles. The number of ether oxygens (including phenoxy) is 1. The first-order valence-corrected chi connectivity index (χ1v) is 6.55. The summed E-state index contributed by atoms with van der Waals surface area (Å²) in [5.41, 5.74) is 2.60. The zero-order valence-corrected chi connectivity index (χ0v) is 11.1. The predicted molar refractivity (Wildman–Crippen MR) is 68.0 cm³/mol. The van der Waals surface area contributed by atoms with Crippen LogP contribution in [-0.4, -0.2) is 12.9 Å². The summed E-state index contributed by atoms with van der Waals surface area (Å²) in [4.78, 5) is 1.34. The number of rotatable bonds is 4. The maximum Gasteiger partial charge on any atom is 0.122 e. The first kappa shape index (κ1) is 12.4. The van der Waals surface area contributed by atoms with E-state index in [-0.39, 0.29) is 0 Å². The van der Waals surface area contributed by atoms with Crippen molar-refractivity contribution in [3.8, 4) is 5.75 Å². The zero-order chi connectivity index (χ0) is 11.4. The summed E-state index contributed by atoms with van der Waals surface area (Å²) in [6.45, 7) is 9.41. The highest BCUT2D eigenvalue weighted by Crippen LogP contribution is 2.29. The van der Waals surface area contributed by atoms with Crippen LogP contribution in [0.2, 0.25) is 0 Å². The number of hydrogen-bond donors (Lipinski definition) is 0. The Balaban J connectivity index is 2.87. The quantitative estimate of drug-likeness (QED) is 0.713.